The molecule has 0 aliphatic carbocycles. The number of aromatic nitrogens is 2. The normalized spacial score (nSPS) is 24.2. The SMILES string of the molecule is c1cnn(C[C@H]2CNCCN2)c1. The van der Waals surface area contributed by atoms with Crippen LogP contribution in [0.1, 0.15) is 0 Å². The lowest BCUT2D eigenvalue weighted by Gasteiger charge is -2.24. The average molecular weight is 166 g/mol. The minimum absolute atomic E-state index is 0.527. The van der Waals surface area contributed by atoms with Crippen LogP contribution in [0.4, 0.5) is 0 Å². The largest absolute Gasteiger partial charge is 0.314 e. The Bertz CT molecular complexity index is 213. The van der Waals surface area contributed by atoms with Gasteiger partial charge in [-0.1, -0.05) is 0 Å². The molecule has 1 aromatic rings. The fourth-order valence-corrected chi connectivity index (χ4v) is 1.48. The van der Waals surface area contributed by atoms with E-state index in [4.69, 9.17) is 0 Å². The van der Waals surface area contributed by atoms with Gasteiger partial charge in [0, 0.05) is 38.1 Å². The molecule has 1 aromatic heterocycles. The molecule has 1 aliphatic heterocycles. The van der Waals surface area contributed by atoms with Crippen LogP contribution in [0, 0.1) is 0 Å². The first-order valence-corrected chi connectivity index (χ1v) is 4.37. The number of piperazine rings is 1. The molecule has 12 heavy (non-hydrogen) atoms. The number of hydrogen-bond acceptors (Lipinski definition) is 3. The summed E-state index contributed by atoms with van der Waals surface area (Å²) in [5.74, 6) is 0. The van der Waals surface area contributed by atoms with Crippen molar-refractivity contribution in [3.05, 3.63) is 18.5 Å². The summed E-state index contributed by atoms with van der Waals surface area (Å²) in [6.45, 7) is 4.14. The van der Waals surface area contributed by atoms with E-state index in [1.165, 1.54) is 0 Å². The summed E-state index contributed by atoms with van der Waals surface area (Å²) in [6, 6.07) is 2.48. The number of rotatable bonds is 2. The molecule has 2 N–H and O–H groups in total. The Kier molecular flexibility index (Phi) is 2.39. The Hall–Kier alpha value is -0.870. The van der Waals surface area contributed by atoms with Crippen molar-refractivity contribution < 1.29 is 0 Å². The van der Waals surface area contributed by atoms with Gasteiger partial charge in [-0.15, -0.1) is 0 Å². The van der Waals surface area contributed by atoms with Gasteiger partial charge in [0.1, 0.15) is 0 Å². The fourth-order valence-electron chi connectivity index (χ4n) is 1.48. The first-order valence-electron chi connectivity index (χ1n) is 4.37. The highest BCUT2D eigenvalue weighted by Crippen LogP contribution is 1.92. The summed E-state index contributed by atoms with van der Waals surface area (Å²) in [4.78, 5) is 0. The molecule has 1 aliphatic rings. The van der Waals surface area contributed by atoms with Crippen molar-refractivity contribution in [2.24, 2.45) is 0 Å². The molecule has 2 heterocycles. The van der Waals surface area contributed by atoms with Gasteiger partial charge in [0.25, 0.3) is 0 Å². The van der Waals surface area contributed by atoms with E-state index in [2.05, 4.69) is 15.7 Å². The van der Waals surface area contributed by atoms with Crippen molar-refractivity contribution in [1.29, 1.82) is 0 Å². The molecule has 66 valence electrons. The van der Waals surface area contributed by atoms with Gasteiger partial charge in [-0.05, 0) is 6.07 Å². The summed E-state index contributed by atoms with van der Waals surface area (Å²) >= 11 is 0. The highest BCUT2D eigenvalue weighted by Gasteiger charge is 2.11. The molecule has 0 spiro atoms. The van der Waals surface area contributed by atoms with E-state index in [9.17, 15) is 0 Å². The topological polar surface area (TPSA) is 41.9 Å². The van der Waals surface area contributed by atoms with Gasteiger partial charge < -0.3 is 10.6 Å². The van der Waals surface area contributed by atoms with E-state index in [1.54, 1.807) is 0 Å². The number of nitrogens with zero attached hydrogens (tertiary/aromatic N) is 2. The lowest BCUT2D eigenvalue weighted by Crippen LogP contribution is -2.50. The molecule has 0 bridgehead atoms. The second-order valence-corrected chi connectivity index (χ2v) is 3.08. The van der Waals surface area contributed by atoms with Gasteiger partial charge in [0.2, 0.25) is 0 Å². The molecule has 4 heteroatoms. The van der Waals surface area contributed by atoms with Crippen LogP contribution in [-0.2, 0) is 6.54 Å². The van der Waals surface area contributed by atoms with Crippen LogP contribution in [0.5, 0.6) is 0 Å². The van der Waals surface area contributed by atoms with E-state index in [-0.39, 0.29) is 0 Å². The van der Waals surface area contributed by atoms with Crippen molar-refractivity contribution in [3.8, 4) is 0 Å². The Labute approximate surface area is 72.0 Å². The van der Waals surface area contributed by atoms with Crippen LogP contribution >= 0.6 is 0 Å². The van der Waals surface area contributed by atoms with Crippen molar-refractivity contribution >= 4 is 0 Å². The predicted octanol–water partition coefficient (Wildman–Crippen LogP) is -0.555. The van der Waals surface area contributed by atoms with E-state index >= 15 is 0 Å². The second kappa shape index (κ2) is 3.69. The molecule has 4 nitrogen and oxygen atoms in total. The third-order valence-corrected chi connectivity index (χ3v) is 2.09. The first-order chi connectivity index (χ1) is 5.95. The smallest absolute Gasteiger partial charge is 0.0575 e. The quantitative estimate of drug-likeness (QED) is 0.619. The maximum absolute atomic E-state index is 4.16. The van der Waals surface area contributed by atoms with Gasteiger partial charge in [-0.3, -0.25) is 4.68 Å². The third kappa shape index (κ3) is 1.84. The van der Waals surface area contributed by atoms with Crippen molar-refractivity contribution in [2.45, 2.75) is 12.6 Å². The Morgan fingerprint density at radius 3 is 3.17 bits per heavy atom. The van der Waals surface area contributed by atoms with Gasteiger partial charge in [0.05, 0.1) is 6.54 Å². The van der Waals surface area contributed by atoms with Crippen LogP contribution in [0.2, 0.25) is 0 Å². The third-order valence-electron chi connectivity index (χ3n) is 2.09. The summed E-state index contributed by atoms with van der Waals surface area (Å²) in [7, 11) is 0. The molecule has 0 aromatic carbocycles. The monoisotopic (exact) mass is 166 g/mol. The van der Waals surface area contributed by atoms with E-state index in [0.29, 0.717) is 6.04 Å². The highest BCUT2D eigenvalue weighted by molar-refractivity contribution is 4.81. The van der Waals surface area contributed by atoms with Crippen LogP contribution in [0.3, 0.4) is 0 Å². The zero-order valence-corrected chi connectivity index (χ0v) is 7.03. The molecule has 1 fully saturated rings. The van der Waals surface area contributed by atoms with Gasteiger partial charge in [-0.25, -0.2) is 0 Å². The molecule has 0 saturated carbocycles. The molecule has 0 unspecified atom stereocenters. The minimum atomic E-state index is 0.527. The molecule has 1 atom stereocenters. The lowest BCUT2D eigenvalue weighted by atomic mass is 10.2. The predicted molar refractivity (Wildman–Crippen MR) is 46.9 cm³/mol. The highest BCUT2D eigenvalue weighted by atomic mass is 15.3. The van der Waals surface area contributed by atoms with E-state index in [0.717, 1.165) is 26.2 Å². The van der Waals surface area contributed by atoms with Gasteiger partial charge >= 0.3 is 0 Å². The maximum atomic E-state index is 4.16. The van der Waals surface area contributed by atoms with Crippen LogP contribution in [0.25, 0.3) is 0 Å². The fraction of sp³-hybridized carbons (Fsp3) is 0.625. The first kappa shape index (κ1) is 7.76. The molecule has 2 rings (SSSR count). The summed E-state index contributed by atoms with van der Waals surface area (Å²) in [5.41, 5.74) is 0. The Morgan fingerprint density at radius 2 is 2.50 bits per heavy atom. The number of hydrogen-bond donors (Lipinski definition) is 2. The van der Waals surface area contributed by atoms with Crippen LogP contribution in [-0.4, -0.2) is 35.5 Å². The Morgan fingerprint density at radius 1 is 1.50 bits per heavy atom. The summed E-state index contributed by atoms with van der Waals surface area (Å²) in [5, 5.41) is 10.9. The second-order valence-electron chi connectivity index (χ2n) is 3.08. The Balaban J connectivity index is 1.86. The summed E-state index contributed by atoms with van der Waals surface area (Å²) in [6.07, 6.45) is 3.81. The molecular weight excluding hydrogens is 152 g/mol. The molecule has 0 amide bonds. The van der Waals surface area contributed by atoms with E-state index in [1.807, 2.05) is 23.1 Å². The number of nitrogens with one attached hydrogen (secondary N) is 2. The van der Waals surface area contributed by atoms with Crippen molar-refractivity contribution in [1.82, 2.24) is 20.4 Å². The van der Waals surface area contributed by atoms with Crippen LogP contribution < -0.4 is 10.6 Å². The zero-order chi connectivity index (χ0) is 8.23. The minimum Gasteiger partial charge on any atom is -0.314 e. The molecular formula is C8H14N4. The summed E-state index contributed by atoms with van der Waals surface area (Å²) < 4.78 is 1.96. The standard InChI is InChI=1S/C8H14N4/c1-2-11-12(5-1)7-8-6-9-3-4-10-8/h1-2,5,8-10H,3-4,6-7H2/t8-/m1/s1. The maximum Gasteiger partial charge on any atom is 0.0575 e. The van der Waals surface area contributed by atoms with Gasteiger partial charge in [0.15, 0.2) is 0 Å². The van der Waals surface area contributed by atoms with E-state index < -0.39 is 0 Å². The van der Waals surface area contributed by atoms with Gasteiger partial charge in [-0.2, -0.15) is 5.10 Å². The molecule has 0 radical (unpaired) electrons. The van der Waals surface area contributed by atoms with Crippen molar-refractivity contribution in [3.63, 3.8) is 0 Å². The molecule has 1 saturated heterocycles. The van der Waals surface area contributed by atoms with Crippen LogP contribution in [0.15, 0.2) is 18.5 Å². The van der Waals surface area contributed by atoms with Crippen molar-refractivity contribution in [2.75, 3.05) is 19.6 Å². The lowest BCUT2D eigenvalue weighted by molar-refractivity contribution is 0.366. The zero-order valence-electron chi connectivity index (χ0n) is 7.03. The average Bonchev–Trinajstić information content (AvgIpc) is 2.59.